The molecule has 0 bridgehead atoms. The van der Waals surface area contributed by atoms with Crippen molar-refractivity contribution >= 4 is 42.6 Å². The van der Waals surface area contributed by atoms with Crippen molar-refractivity contribution < 1.29 is 12.8 Å². The number of sulfone groups is 1. The second kappa shape index (κ2) is 5.13. The summed E-state index contributed by atoms with van der Waals surface area (Å²) >= 11 is 1.55. The molecule has 1 aromatic heterocycles. The lowest BCUT2D eigenvalue weighted by atomic mass is 10.2. The van der Waals surface area contributed by atoms with Crippen molar-refractivity contribution in [3.63, 3.8) is 0 Å². The van der Waals surface area contributed by atoms with Gasteiger partial charge in [0, 0.05) is 21.7 Å². The predicted molar refractivity (Wildman–Crippen MR) is 84.6 cm³/mol. The molecule has 0 aliphatic carbocycles. The van der Waals surface area contributed by atoms with Gasteiger partial charge in [-0.1, -0.05) is 18.2 Å². The van der Waals surface area contributed by atoms with E-state index in [1.165, 1.54) is 12.1 Å². The van der Waals surface area contributed by atoms with Crippen LogP contribution in [-0.2, 0) is 9.84 Å². The highest BCUT2D eigenvalue weighted by Crippen LogP contribution is 2.34. The van der Waals surface area contributed by atoms with Crippen molar-refractivity contribution in [2.24, 2.45) is 0 Å². The number of fused-ring (bicyclic) bond motifs is 1. The van der Waals surface area contributed by atoms with Crippen LogP contribution in [0.5, 0.6) is 0 Å². The Kier molecular flexibility index (Phi) is 3.43. The summed E-state index contributed by atoms with van der Waals surface area (Å²) < 4.78 is 38.1. The van der Waals surface area contributed by atoms with Crippen LogP contribution in [0.25, 0.3) is 10.1 Å². The van der Waals surface area contributed by atoms with Crippen LogP contribution >= 0.6 is 11.3 Å². The van der Waals surface area contributed by atoms with Gasteiger partial charge in [-0.3, -0.25) is 0 Å². The molecule has 6 heteroatoms. The van der Waals surface area contributed by atoms with Gasteiger partial charge in [-0.15, -0.1) is 11.3 Å². The molecule has 0 unspecified atom stereocenters. The molecular formula is C15H12FNO2S2. The van der Waals surface area contributed by atoms with E-state index < -0.39 is 15.7 Å². The molecule has 108 valence electrons. The normalized spacial score (nSPS) is 11.7. The first kappa shape index (κ1) is 14.0. The smallest absolute Gasteiger partial charge is 0.177 e. The molecule has 3 aromatic rings. The van der Waals surface area contributed by atoms with Crippen molar-refractivity contribution in [3.05, 3.63) is 53.7 Å². The van der Waals surface area contributed by atoms with Gasteiger partial charge in [0.1, 0.15) is 5.82 Å². The summed E-state index contributed by atoms with van der Waals surface area (Å²) in [5, 5.41) is 5.90. The maximum absolute atomic E-state index is 13.4. The molecule has 0 spiro atoms. The zero-order chi connectivity index (χ0) is 15.0. The van der Waals surface area contributed by atoms with Gasteiger partial charge in [0.25, 0.3) is 0 Å². The Morgan fingerprint density at radius 2 is 1.86 bits per heavy atom. The maximum atomic E-state index is 13.4. The number of hydrogen-bond donors (Lipinski definition) is 1. The van der Waals surface area contributed by atoms with E-state index in [-0.39, 0.29) is 10.6 Å². The van der Waals surface area contributed by atoms with Gasteiger partial charge in [-0.2, -0.15) is 0 Å². The van der Waals surface area contributed by atoms with Crippen molar-refractivity contribution in [1.29, 1.82) is 0 Å². The predicted octanol–water partition coefficient (Wildman–Crippen LogP) is 4.19. The monoisotopic (exact) mass is 321 g/mol. The van der Waals surface area contributed by atoms with Crippen LogP contribution in [0.3, 0.4) is 0 Å². The molecule has 21 heavy (non-hydrogen) atoms. The molecule has 0 saturated heterocycles. The Hall–Kier alpha value is -1.92. The third-order valence-electron chi connectivity index (χ3n) is 3.09. The minimum atomic E-state index is -3.43. The summed E-state index contributed by atoms with van der Waals surface area (Å²) in [6.07, 6.45) is 1.11. The fraction of sp³-hybridized carbons (Fsp3) is 0.0667. The summed E-state index contributed by atoms with van der Waals surface area (Å²) in [4.78, 5) is 0.0826. The largest absolute Gasteiger partial charge is 0.353 e. The molecule has 0 saturated carbocycles. The summed E-state index contributed by atoms with van der Waals surface area (Å²) in [5.41, 5.74) is 1.02. The van der Waals surface area contributed by atoms with Gasteiger partial charge in [0.15, 0.2) is 9.84 Å². The molecule has 1 heterocycles. The van der Waals surface area contributed by atoms with Gasteiger partial charge in [-0.25, -0.2) is 12.8 Å². The number of rotatable bonds is 3. The Labute approximate surface area is 126 Å². The molecule has 0 radical (unpaired) electrons. The quantitative estimate of drug-likeness (QED) is 0.736. The zero-order valence-corrected chi connectivity index (χ0v) is 12.8. The lowest BCUT2D eigenvalue weighted by molar-refractivity contribution is 0.601. The van der Waals surface area contributed by atoms with Crippen LogP contribution in [0, 0.1) is 5.82 Å². The number of nitrogens with one attached hydrogen (secondary N) is 1. The summed E-state index contributed by atoms with van der Waals surface area (Å²) in [6, 6.07) is 11.4. The van der Waals surface area contributed by atoms with E-state index in [2.05, 4.69) is 5.32 Å². The average molecular weight is 321 g/mol. The first-order valence-electron chi connectivity index (χ1n) is 6.18. The van der Waals surface area contributed by atoms with Crippen molar-refractivity contribution in [1.82, 2.24) is 0 Å². The molecule has 0 fully saturated rings. The lowest BCUT2D eigenvalue weighted by Crippen LogP contribution is -2.03. The Balaban J connectivity index is 2.11. The molecule has 0 atom stereocenters. The van der Waals surface area contributed by atoms with E-state index >= 15 is 0 Å². The van der Waals surface area contributed by atoms with E-state index in [0.29, 0.717) is 0 Å². The number of hydrogen-bond acceptors (Lipinski definition) is 4. The van der Waals surface area contributed by atoms with Gasteiger partial charge < -0.3 is 5.32 Å². The molecule has 1 N–H and O–H groups in total. The highest BCUT2D eigenvalue weighted by atomic mass is 32.2. The number of anilines is 2. The molecule has 2 aromatic carbocycles. The second-order valence-corrected chi connectivity index (χ2v) is 7.58. The standard InChI is InChI=1S/C15H12FNO2S2/c1-21(18,19)15-7-6-10(16)8-12(15)17-13-9-20-14-5-3-2-4-11(13)14/h2-9,17H,1H3. The van der Waals surface area contributed by atoms with Gasteiger partial charge in [0.05, 0.1) is 16.3 Å². The Morgan fingerprint density at radius 1 is 1.10 bits per heavy atom. The van der Waals surface area contributed by atoms with Gasteiger partial charge in [-0.05, 0) is 24.3 Å². The first-order valence-corrected chi connectivity index (χ1v) is 8.95. The van der Waals surface area contributed by atoms with Crippen LogP contribution in [0.1, 0.15) is 0 Å². The number of thiophene rings is 1. The summed E-state index contributed by atoms with van der Waals surface area (Å²) in [5.74, 6) is -0.482. The highest BCUT2D eigenvalue weighted by molar-refractivity contribution is 7.90. The average Bonchev–Trinajstić information content (AvgIpc) is 2.81. The number of benzene rings is 2. The Bertz CT molecular complexity index is 916. The van der Waals surface area contributed by atoms with E-state index in [4.69, 9.17) is 0 Å². The molecule has 0 amide bonds. The first-order chi connectivity index (χ1) is 9.95. The minimum absolute atomic E-state index is 0.0826. The zero-order valence-electron chi connectivity index (χ0n) is 11.1. The van der Waals surface area contributed by atoms with Crippen molar-refractivity contribution in [2.45, 2.75) is 4.90 Å². The highest BCUT2D eigenvalue weighted by Gasteiger charge is 2.15. The van der Waals surface area contributed by atoms with Crippen LogP contribution in [0.4, 0.5) is 15.8 Å². The summed E-state index contributed by atoms with van der Waals surface area (Å²) in [6.45, 7) is 0. The third kappa shape index (κ3) is 2.77. The van der Waals surface area contributed by atoms with Gasteiger partial charge >= 0.3 is 0 Å². The van der Waals surface area contributed by atoms with Crippen molar-refractivity contribution in [2.75, 3.05) is 11.6 Å². The van der Waals surface area contributed by atoms with E-state index in [1.54, 1.807) is 11.3 Å². The Morgan fingerprint density at radius 3 is 2.62 bits per heavy atom. The summed E-state index contributed by atoms with van der Waals surface area (Å²) in [7, 11) is -3.43. The lowest BCUT2D eigenvalue weighted by Gasteiger charge is -2.10. The molecular weight excluding hydrogens is 309 g/mol. The fourth-order valence-corrected chi connectivity index (χ4v) is 3.86. The fourth-order valence-electron chi connectivity index (χ4n) is 2.14. The second-order valence-electron chi connectivity index (χ2n) is 4.68. The van der Waals surface area contributed by atoms with Crippen LogP contribution in [-0.4, -0.2) is 14.7 Å². The van der Waals surface area contributed by atoms with Gasteiger partial charge in [0.2, 0.25) is 0 Å². The molecule has 3 rings (SSSR count). The van der Waals surface area contributed by atoms with Crippen LogP contribution in [0.15, 0.2) is 52.7 Å². The topological polar surface area (TPSA) is 46.2 Å². The molecule has 0 aliphatic heterocycles. The van der Waals surface area contributed by atoms with E-state index in [9.17, 15) is 12.8 Å². The SMILES string of the molecule is CS(=O)(=O)c1ccc(F)cc1Nc1csc2ccccc12. The molecule has 3 nitrogen and oxygen atoms in total. The van der Waals surface area contributed by atoms with E-state index in [1.807, 2.05) is 29.6 Å². The van der Waals surface area contributed by atoms with E-state index in [0.717, 1.165) is 28.1 Å². The molecule has 0 aliphatic rings. The maximum Gasteiger partial charge on any atom is 0.177 e. The minimum Gasteiger partial charge on any atom is -0.353 e. The van der Waals surface area contributed by atoms with Crippen LogP contribution < -0.4 is 5.32 Å². The van der Waals surface area contributed by atoms with Crippen LogP contribution in [0.2, 0.25) is 0 Å². The third-order valence-corrected chi connectivity index (χ3v) is 5.21. The van der Waals surface area contributed by atoms with Crippen molar-refractivity contribution in [3.8, 4) is 0 Å². The number of halogens is 1.